The Labute approximate surface area is 139 Å². The molecule has 1 heterocycles. The Balaban J connectivity index is 1.57. The number of guanidine groups is 1. The minimum absolute atomic E-state index is 0.221. The molecule has 1 fully saturated rings. The number of ether oxygens (including phenoxy) is 2. The summed E-state index contributed by atoms with van der Waals surface area (Å²) in [6.07, 6.45) is 3.56. The summed E-state index contributed by atoms with van der Waals surface area (Å²) < 4.78 is 11.2. The van der Waals surface area contributed by atoms with Gasteiger partial charge in [-0.1, -0.05) is 30.3 Å². The lowest BCUT2D eigenvalue weighted by Gasteiger charge is -2.18. The van der Waals surface area contributed by atoms with Crippen molar-refractivity contribution in [3.8, 4) is 0 Å². The lowest BCUT2D eigenvalue weighted by molar-refractivity contribution is 0.0168. The summed E-state index contributed by atoms with van der Waals surface area (Å²) in [6, 6.07) is 10.6. The van der Waals surface area contributed by atoms with Crippen LogP contribution >= 0.6 is 0 Å². The molecule has 0 radical (unpaired) electrons. The van der Waals surface area contributed by atoms with E-state index in [1.165, 1.54) is 5.56 Å². The number of nitrogens with one attached hydrogen (secondary N) is 2. The van der Waals surface area contributed by atoms with Gasteiger partial charge in [0.25, 0.3) is 0 Å². The zero-order chi connectivity index (χ0) is 16.3. The van der Waals surface area contributed by atoms with Crippen LogP contribution in [0.25, 0.3) is 0 Å². The van der Waals surface area contributed by atoms with Crippen LogP contribution in [-0.2, 0) is 9.47 Å². The molecule has 23 heavy (non-hydrogen) atoms. The monoisotopic (exact) mass is 319 g/mol. The topological polar surface area (TPSA) is 54.9 Å². The van der Waals surface area contributed by atoms with E-state index >= 15 is 0 Å². The predicted molar refractivity (Wildman–Crippen MR) is 93.8 cm³/mol. The highest BCUT2D eigenvalue weighted by molar-refractivity contribution is 5.80. The zero-order valence-corrected chi connectivity index (χ0v) is 14.3. The number of hydrogen-bond acceptors (Lipinski definition) is 3. The fraction of sp³-hybridized carbons (Fsp3) is 0.611. The Morgan fingerprint density at radius 1 is 1.39 bits per heavy atom. The van der Waals surface area contributed by atoms with Crippen molar-refractivity contribution in [3.63, 3.8) is 0 Å². The molecular weight excluding hydrogens is 290 g/mol. The maximum absolute atomic E-state index is 5.66. The molecule has 1 aromatic rings. The first kappa shape index (κ1) is 17.8. The van der Waals surface area contributed by atoms with Gasteiger partial charge in [0.05, 0.1) is 18.8 Å². The van der Waals surface area contributed by atoms with Crippen molar-refractivity contribution >= 4 is 5.96 Å². The van der Waals surface area contributed by atoms with Crippen LogP contribution in [0.2, 0.25) is 0 Å². The Morgan fingerprint density at radius 3 is 2.91 bits per heavy atom. The SMILES string of the molecule is CN=C(NCCCOCC1CCCO1)NC(C)c1ccccc1. The summed E-state index contributed by atoms with van der Waals surface area (Å²) in [5.41, 5.74) is 1.25. The maximum Gasteiger partial charge on any atom is 0.191 e. The van der Waals surface area contributed by atoms with Gasteiger partial charge in [-0.2, -0.15) is 0 Å². The van der Waals surface area contributed by atoms with E-state index in [0.717, 1.165) is 51.6 Å². The molecular formula is C18H29N3O2. The highest BCUT2D eigenvalue weighted by Gasteiger charge is 2.14. The predicted octanol–water partition coefficient (Wildman–Crippen LogP) is 2.50. The lowest BCUT2D eigenvalue weighted by Crippen LogP contribution is -2.39. The van der Waals surface area contributed by atoms with E-state index in [0.29, 0.717) is 6.10 Å². The molecule has 1 aromatic carbocycles. The Kier molecular flexibility index (Phi) is 7.90. The molecule has 128 valence electrons. The molecule has 1 aliphatic heterocycles. The summed E-state index contributed by atoms with van der Waals surface area (Å²) >= 11 is 0. The highest BCUT2D eigenvalue weighted by atomic mass is 16.5. The van der Waals surface area contributed by atoms with Crippen LogP contribution in [0.5, 0.6) is 0 Å². The Bertz CT molecular complexity index is 459. The van der Waals surface area contributed by atoms with Crippen LogP contribution < -0.4 is 10.6 Å². The number of hydrogen-bond donors (Lipinski definition) is 2. The molecule has 1 aliphatic rings. The first-order valence-corrected chi connectivity index (χ1v) is 8.51. The van der Waals surface area contributed by atoms with Crippen molar-refractivity contribution in [1.29, 1.82) is 0 Å². The van der Waals surface area contributed by atoms with Gasteiger partial charge in [0, 0.05) is 26.8 Å². The third-order valence-corrected chi connectivity index (χ3v) is 3.96. The number of aliphatic imine (C=N–C) groups is 1. The molecule has 2 N–H and O–H groups in total. The average molecular weight is 319 g/mol. The number of benzene rings is 1. The van der Waals surface area contributed by atoms with E-state index in [4.69, 9.17) is 9.47 Å². The van der Waals surface area contributed by atoms with Gasteiger partial charge >= 0.3 is 0 Å². The largest absolute Gasteiger partial charge is 0.379 e. The van der Waals surface area contributed by atoms with Gasteiger partial charge < -0.3 is 20.1 Å². The van der Waals surface area contributed by atoms with E-state index < -0.39 is 0 Å². The molecule has 2 atom stereocenters. The van der Waals surface area contributed by atoms with Gasteiger partial charge in [0.15, 0.2) is 5.96 Å². The first-order valence-electron chi connectivity index (χ1n) is 8.51. The summed E-state index contributed by atoms with van der Waals surface area (Å²) in [7, 11) is 1.79. The third-order valence-electron chi connectivity index (χ3n) is 3.96. The van der Waals surface area contributed by atoms with E-state index in [1.807, 2.05) is 6.07 Å². The first-order chi connectivity index (χ1) is 11.3. The smallest absolute Gasteiger partial charge is 0.191 e. The Hall–Kier alpha value is -1.59. The van der Waals surface area contributed by atoms with Crippen molar-refractivity contribution < 1.29 is 9.47 Å². The minimum atomic E-state index is 0.221. The summed E-state index contributed by atoms with van der Waals surface area (Å²) in [5, 5.41) is 6.72. The van der Waals surface area contributed by atoms with Gasteiger partial charge in [-0.15, -0.1) is 0 Å². The van der Waals surface area contributed by atoms with Crippen molar-refractivity contribution in [1.82, 2.24) is 10.6 Å². The van der Waals surface area contributed by atoms with Gasteiger partial charge in [-0.25, -0.2) is 0 Å². The van der Waals surface area contributed by atoms with E-state index in [2.05, 4.69) is 46.8 Å². The Morgan fingerprint density at radius 2 is 2.22 bits per heavy atom. The summed E-state index contributed by atoms with van der Waals surface area (Å²) in [5.74, 6) is 0.820. The van der Waals surface area contributed by atoms with Crippen molar-refractivity contribution in [3.05, 3.63) is 35.9 Å². The fourth-order valence-corrected chi connectivity index (χ4v) is 2.60. The lowest BCUT2D eigenvalue weighted by atomic mass is 10.1. The normalized spacial score (nSPS) is 19.6. The molecule has 5 heteroatoms. The number of nitrogens with zero attached hydrogens (tertiary/aromatic N) is 1. The quantitative estimate of drug-likeness (QED) is 0.439. The van der Waals surface area contributed by atoms with Gasteiger partial charge in [0.1, 0.15) is 0 Å². The minimum Gasteiger partial charge on any atom is -0.379 e. The standard InChI is InChI=1S/C18H29N3O2/c1-15(16-8-4-3-5-9-16)21-18(19-2)20-11-7-12-22-14-17-10-6-13-23-17/h3-5,8-9,15,17H,6-7,10-14H2,1-2H3,(H2,19,20,21). The van der Waals surface area contributed by atoms with Crippen LogP contribution in [0.15, 0.2) is 35.3 Å². The van der Waals surface area contributed by atoms with Gasteiger partial charge in [0.2, 0.25) is 0 Å². The molecule has 0 saturated carbocycles. The van der Waals surface area contributed by atoms with Crippen LogP contribution in [0.4, 0.5) is 0 Å². The van der Waals surface area contributed by atoms with Crippen molar-refractivity contribution in [2.24, 2.45) is 4.99 Å². The molecule has 1 saturated heterocycles. The van der Waals surface area contributed by atoms with Crippen LogP contribution in [-0.4, -0.2) is 45.5 Å². The summed E-state index contributed by atoms with van der Waals surface area (Å²) in [6.45, 7) is 5.33. The number of rotatable bonds is 8. The van der Waals surface area contributed by atoms with E-state index in [-0.39, 0.29) is 6.04 Å². The molecule has 0 spiro atoms. The third kappa shape index (κ3) is 6.59. The highest BCUT2D eigenvalue weighted by Crippen LogP contribution is 2.12. The van der Waals surface area contributed by atoms with Gasteiger partial charge in [-0.3, -0.25) is 4.99 Å². The fourth-order valence-electron chi connectivity index (χ4n) is 2.60. The van der Waals surface area contributed by atoms with Crippen molar-refractivity contribution in [2.45, 2.75) is 38.3 Å². The van der Waals surface area contributed by atoms with E-state index in [1.54, 1.807) is 7.05 Å². The van der Waals surface area contributed by atoms with Crippen LogP contribution in [0, 0.1) is 0 Å². The van der Waals surface area contributed by atoms with Crippen LogP contribution in [0.3, 0.4) is 0 Å². The second-order valence-corrected chi connectivity index (χ2v) is 5.84. The molecule has 2 rings (SSSR count). The van der Waals surface area contributed by atoms with E-state index in [9.17, 15) is 0 Å². The van der Waals surface area contributed by atoms with Gasteiger partial charge in [-0.05, 0) is 31.7 Å². The molecule has 0 bridgehead atoms. The summed E-state index contributed by atoms with van der Waals surface area (Å²) in [4.78, 5) is 4.27. The van der Waals surface area contributed by atoms with Crippen LogP contribution in [0.1, 0.15) is 37.8 Å². The average Bonchev–Trinajstić information content (AvgIpc) is 3.11. The molecule has 0 aliphatic carbocycles. The van der Waals surface area contributed by atoms with Crippen molar-refractivity contribution in [2.75, 3.05) is 33.4 Å². The molecule has 0 amide bonds. The zero-order valence-electron chi connectivity index (χ0n) is 14.3. The maximum atomic E-state index is 5.66. The second-order valence-electron chi connectivity index (χ2n) is 5.84. The second kappa shape index (κ2) is 10.2. The molecule has 2 unspecified atom stereocenters. The molecule has 5 nitrogen and oxygen atoms in total. The molecule has 0 aromatic heterocycles.